The molecule has 1 saturated carbocycles. The first-order chi connectivity index (χ1) is 5.74. The molecule has 1 fully saturated rings. The molecule has 1 aliphatic carbocycles. The summed E-state index contributed by atoms with van der Waals surface area (Å²) in [5.41, 5.74) is 0. The molecule has 2 heteroatoms. The van der Waals surface area contributed by atoms with Crippen LogP contribution in [-0.4, -0.2) is 22.9 Å². The molecule has 1 unspecified atom stereocenters. The summed E-state index contributed by atoms with van der Waals surface area (Å²) >= 11 is 0. The highest BCUT2D eigenvalue weighted by molar-refractivity contribution is 4.75. The molecule has 0 aromatic rings. The molecule has 0 radical (unpaired) electrons. The van der Waals surface area contributed by atoms with Gasteiger partial charge >= 0.3 is 0 Å². The van der Waals surface area contributed by atoms with E-state index in [0.29, 0.717) is 12.3 Å². The van der Waals surface area contributed by atoms with Crippen molar-refractivity contribution < 1.29 is 10.2 Å². The molecule has 2 N–H and O–H groups in total. The summed E-state index contributed by atoms with van der Waals surface area (Å²) in [6.45, 7) is 2.39. The maximum absolute atomic E-state index is 9.60. The smallest absolute Gasteiger partial charge is 0.0590 e. The lowest BCUT2D eigenvalue weighted by atomic mass is 9.79. The summed E-state index contributed by atoms with van der Waals surface area (Å²) < 4.78 is 0. The summed E-state index contributed by atoms with van der Waals surface area (Å²) in [6, 6.07) is 0. The van der Waals surface area contributed by atoms with Gasteiger partial charge in [-0.05, 0) is 31.1 Å². The van der Waals surface area contributed by atoms with Gasteiger partial charge in [0.2, 0.25) is 0 Å². The highest BCUT2D eigenvalue weighted by atomic mass is 16.3. The van der Waals surface area contributed by atoms with Gasteiger partial charge in [0.25, 0.3) is 0 Å². The van der Waals surface area contributed by atoms with Crippen molar-refractivity contribution in [3.8, 4) is 0 Å². The first kappa shape index (κ1) is 10.0. The lowest BCUT2D eigenvalue weighted by Gasteiger charge is -2.29. The van der Waals surface area contributed by atoms with Gasteiger partial charge in [0, 0.05) is 6.61 Å². The van der Waals surface area contributed by atoms with Gasteiger partial charge < -0.3 is 10.2 Å². The third-order valence-corrected chi connectivity index (χ3v) is 3.03. The molecule has 12 heavy (non-hydrogen) atoms. The maximum Gasteiger partial charge on any atom is 0.0590 e. The minimum Gasteiger partial charge on any atom is -0.396 e. The molecule has 0 aromatic heterocycles. The molecule has 1 aliphatic rings. The molecule has 0 bridgehead atoms. The number of aliphatic hydroxyl groups is 2. The molecular weight excluding hydrogens is 152 g/mol. The van der Waals surface area contributed by atoms with Crippen LogP contribution in [0, 0.1) is 11.8 Å². The quantitative estimate of drug-likeness (QED) is 0.678. The minimum absolute atomic E-state index is 0.118. The van der Waals surface area contributed by atoms with E-state index in [4.69, 9.17) is 5.11 Å². The van der Waals surface area contributed by atoms with Crippen molar-refractivity contribution in [2.24, 2.45) is 11.8 Å². The second-order valence-corrected chi connectivity index (χ2v) is 4.10. The van der Waals surface area contributed by atoms with E-state index < -0.39 is 0 Å². The fraction of sp³-hybridized carbons (Fsp3) is 1.00. The summed E-state index contributed by atoms with van der Waals surface area (Å²) in [7, 11) is 0. The molecule has 1 rings (SSSR count). The minimum atomic E-state index is -0.262. The summed E-state index contributed by atoms with van der Waals surface area (Å²) in [5.74, 6) is 1.29. The lowest BCUT2D eigenvalue weighted by molar-refractivity contribution is 0.0538. The summed E-state index contributed by atoms with van der Waals surface area (Å²) in [6.07, 6.45) is 5.06. The Kier molecular flexibility index (Phi) is 4.02. The van der Waals surface area contributed by atoms with Gasteiger partial charge in [-0.15, -0.1) is 0 Å². The monoisotopic (exact) mass is 172 g/mol. The van der Waals surface area contributed by atoms with Crippen LogP contribution in [0.3, 0.4) is 0 Å². The van der Waals surface area contributed by atoms with Gasteiger partial charge in [0.05, 0.1) is 6.10 Å². The molecule has 0 saturated heterocycles. The second kappa shape index (κ2) is 4.83. The predicted molar refractivity (Wildman–Crippen MR) is 48.8 cm³/mol. The van der Waals surface area contributed by atoms with Gasteiger partial charge in [-0.25, -0.2) is 0 Å². The van der Waals surface area contributed by atoms with Gasteiger partial charge in [0.15, 0.2) is 0 Å². The number of hydrogen-bond donors (Lipinski definition) is 2. The van der Waals surface area contributed by atoms with E-state index >= 15 is 0 Å². The van der Waals surface area contributed by atoms with Crippen molar-refractivity contribution in [3.05, 3.63) is 0 Å². The predicted octanol–water partition coefficient (Wildman–Crippen LogP) is 1.56. The van der Waals surface area contributed by atoms with Gasteiger partial charge in [0.1, 0.15) is 0 Å². The van der Waals surface area contributed by atoms with Crippen LogP contribution < -0.4 is 0 Å². The SMILES string of the molecule is CC1CCC(C(O)CCO)CC1. The van der Waals surface area contributed by atoms with Crippen LogP contribution in [0.25, 0.3) is 0 Å². The molecular formula is C10H20O2. The van der Waals surface area contributed by atoms with E-state index in [-0.39, 0.29) is 12.7 Å². The Labute approximate surface area is 74.6 Å². The first-order valence-corrected chi connectivity index (χ1v) is 5.03. The Morgan fingerprint density at radius 2 is 1.83 bits per heavy atom. The van der Waals surface area contributed by atoms with Crippen molar-refractivity contribution >= 4 is 0 Å². The van der Waals surface area contributed by atoms with Crippen LogP contribution in [0.5, 0.6) is 0 Å². The normalized spacial score (nSPS) is 33.2. The summed E-state index contributed by atoms with van der Waals surface area (Å²) in [4.78, 5) is 0. The zero-order valence-corrected chi connectivity index (χ0v) is 7.87. The van der Waals surface area contributed by atoms with E-state index in [1.54, 1.807) is 0 Å². The van der Waals surface area contributed by atoms with Crippen LogP contribution in [-0.2, 0) is 0 Å². The highest BCUT2D eigenvalue weighted by Gasteiger charge is 2.23. The number of hydrogen-bond acceptors (Lipinski definition) is 2. The largest absolute Gasteiger partial charge is 0.396 e. The molecule has 0 aromatic carbocycles. The standard InChI is InChI=1S/C10H20O2/c1-8-2-4-9(5-3-8)10(12)6-7-11/h8-12H,2-7H2,1H3. The molecule has 2 nitrogen and oxygen atoms in total. The Morgan fingerprint density at radius 3 is 2.33 bits per heavy atom. The third kappa shape index (κ3) is 2.76. The first-order valence-electron chi connectivity index (χ1n) is 5.03. The molecule has 0 heterocycles. The molecule has 0 spiro atoms. The summed E-state index contributed by atoms with van der Waals surface area (Å²) in [5, 5.41) is 18.3. The van der Waals surface area contributed by atoms with Crippen LogP contribution in [0.2, 0.25) is 0 Å². The van der Waals surface area contributed by atoms with E-state index in [0.717, 1.165) is 18.8 Å². The third-order valence-electron chi connectivity index (χ3n) is 3.03. The lowest BCUT2D eigenvalue weighted by Crippen LogP contribution is -2.25. The zero-order chi connectivity index (χ0) is 8.97. The second-order valence-electron chi connectivity index (χ2n) is 4.10. The van der Waals surface area contributed by atoms with E-state index in [2.05, 4.69) is 6.92 Å². The number of rotatable bonds is 3. The molecule has 0 aliphatic heterocycles. The van der Waals surface area contributed by atoms with Crippen LogP contribution in [0.15, 0.2) is 0 Å². The average molecular weight is 172 g/mol. The van der Waals surface area contributed by atoms with Gasteiger partial charge in [-0.3, -0.25) is 0 Å². The van der Waals surface area contributed by atoms with Gasteiger partial charge in [-0.1, -0.05) is 19.8 Å². The van der Waals surface area contributed by atoms with Crippen molar-refractivity contribution in [2.45, 2.75) is 45.1 Å². The van der Waals surface area contributed by atoms with Crippen LogP contribution in [0.1, 0.15) is 39.0 Å². The van der Waals surface area contributed by atoms with Crippen molar-refractivity contribution in [1.82, 2.24) is 0 Å². The fourth-order valence-electron chi connectivity index (χ4n) is 2.04. The van der Waals surface area contributed by atoms with E-state index in [9.17, 15) is 5.11 Å². The Balaban J connectivity index is 2.24. The van der Waals surface area contributed by atoms with Crippen molar-refractivity contribution in [1.29, 1.82) is 0 Å². The Bertz CT molecular complexity index is 117. The Morgan fingerprint density at radius 1 is 1.25 bits per heavy atom. The van der Waals surface area contributed by atoms with Crippen LogP contribution in [0.4, 0.5) is 0 Å². The molecule has 1 atom stereocenters. The molecule has 0 amide bonds. The molecule has 72 valence electrons. The van der Waals surface area contributed by atoms with E-state index in [1.165, 1.54) is 12.8 Å². The van der Waals surface area contributed by atoms with E-state index in [1.807, 2.05) is 0 Å². The van der Waals surface area contributed by atoms with Gasteiger partial charge in [-0.2, -0.15) is 0 Å². The average Bonchev–Trinajstić information content (AvgIpc) is 2.06. The maximum atomic E-state index is 9.60. The van der Waals surface area contributed by atoms with Crippen LogP contribution >= 0.6 is 0 Å². The number of aliphatic hydroxyl groups excluding tert-OH is 2. The topological polar surface area (TPSA) is 40.5 Å². The zero-order valence-electron chi connectivity index (χ0n) is 7.87. The fourth-order valence-corrected chi connectivity index (χ4v) is 2.04. The van der Waals surface area contributed by atoms with Crippen molar-refractivity contribution in [2.75, 3.05) is 6.61 Å². The Hall–Kier alpha value is -0.0800. The van der Waals surface area contributed by atoms with Crippen molar-refractivity contribution in [3.63, 3.8) is 0 Å². The highest BCUT2D eigenvalue weighted by Crippen LogP contribution is 2.31.